The molecule has 0 radical (unpaired) electrons. The molecule has 0 spiro atoms. The average Bonchev–Trinajstić information content (AvgIpc) is 2.47. The van der Waals surface area contributed by atoms with Gasteiger partial charge in [-0.15, -0.1) is 0 Å². The molecule has 0 aromatic heterocycles. The van der Waals surface area contributed by atoms with Gasteiger partial charge in [-0.1, -0.05) is 13.0 Å². The van der Waals surface area contributed by atoms with Crippen LogP contribution in [-0.2, 0) is 6.54 Å². The Balaban J connectivity index is 1.92. The Morgan fingerprint density at radius 2 is 2.00 bits per heavy atom. The zero-order chi connectivity index (χ0) is 15.4. The summed E-state index contributed by atoms with van der Waals surface area (Å²) in [6, 6.07) is 5.00. The van der Waals surface area contributed by atoms with E-state index in [1.807, 2.05) is 0 Å². The molecule has 1 N–H and O–H groups in total. The highest BCUT2D eigenvalue weighted by atomic mass is 19.1. The lowest BCUT2D eigenvalue weighted by Gasteiger charge is -2.37. The van der Waals surface area contributed by atoms with Crippen LogP contribution in [0.2, 0.25) is 0 Å². The van der Waals surface area contributed by atoms with Gasteiger partial charge in [0.1, 0.15) is 5.82 Å². The van der Waals surface area contributed by atoms with Crippen molar-refractivity contribution >= 4 is 5.97 Å². The van der Waals surface area contributed by atoms with Crippen LogP contribution in [0.3, 0.4) is 0 Å². The minimum atomic E-state index is -1.22. The van der Waals surface area contributed by atoms with Gasteiger partial charge in [-0.3, -0.25) is 9.80 Å². The molecular formula is C16H23FN2O2. The molecule has 4 nitrogen and oxygen atoms in total. The van der Waals surface area contributed by atoms with Gasteiger partial charge < -0.3 is 5.11 Å². The maximum atomic E-state index is 13.7. The van der Waals surface area contributed by atoms with Crippen molar-refractivity contribution in [2.75, 3.05) is 26.2 Å². The second kappa shape index (κ2) is 7.00. The molecular weight excluding hydrogens is 271 g/mol. The molecule has 0 amide bonds. The van der Waals surface area contributed by atoms with Gasteiger partial charge in [-0.05, 0) is 31.0 Å². The third-order valence-electron chi connectivity index (χ3n) is 4.29. The SMILES string of the molecule is CCC(C)N1CCN(Cc2ccc(C(=O)O)c(F)c2)CC1. The number of halogens is 1. The van der Waals surface area contributed by atoms with Crippen LogP contribution in [0.1, 0.15) is 36.2 Å². The summed E-state index contributed by atoms with van der Waals surface area (Å²) >= 11 is 0. The third kappa shape index (κ3) is 4.02. The summed E-state index contributed by atoms with van der Waals surface area (Å²) in [7, 11) is 0. The fourth-order valence-corrected chi connectivity index (χ4v) is 2.71. The van der Waals surface area contributed by atoms with Gasteiger partial charge in [0.25, 0.3) is 0 Å². The predicted molar refractivity (Wildman–Crippen MR) is 80.0 cm³/mol. The molecule has 0 saturated carbocycles. The van der Waals surface area contributed by atoms with Crippen molar-refractivity contribution in [3.8, 4) is 0 Å². The normalized spacial score (nSPS) is 18.6. The Kier molecular flexibility index (Phi) is 5.31. The first-order chi connectivity index (χ1) is 10.0. The summed E-state index contributed by atoms with van der Waals surface area (Å²) < 4.78 is 13.7. The molecule has 1 heterocycles. The predicted octanol–water partition coefficient (Wildman–Crippen LogP) is 2.44. The van der Waals surface area contributed by atoms with E-state index in [9.17, 15) is 9.18 Å². The van der Waals surface area contributed by atoms with E-state index >= 15 is 0 Å². The van der Waals surface area contributed by atoms with Gasteiger partial charge >= 0.3 is 5.97 Å². The Morgan fingerprint density at radius 3 is 2.52 bits per heavy atom. The van der Waals surface area contributed by atoms with E-state index in [-0.39, 0.29) is 5.56 Å². The first kappa shape index (κ1) is 15.9. The van der Waals surface area contributed by atoms with Crippen LogP contribution in [0, 0.1) is 5.82 Å². The lowest BCUT2D eigenvalue weighted by molar-refractivity contribution is 0.0692. The van der Waals surface area contributed by atoms with Gasteiger partial charge in [-0.25, -0.2) is 9.18 Å². The quantitative estimate of drug-likeness (QED) is 0.906. The second-order valence-corrected chi connectivity index (χ2v) is 5.69. The molecule has 116 valence electrons. The first-order valence-corrected chi connectivity index (χ1v) is 7.49. The molecule has 0 bridgehead atoms. The smallest absolute Gasteiger partial charge is 0.338 e. The highest BCUT2D eigenvalue weighted by molar-refractivity contribution is 5.87. The number of hydrogen-bond acceptors (Lipinski definition) is 3. The maximum absolute atomic E-state index is 13.7. The largest absolute Gasteiger partial charge is 0.478 e. The van der Waals surface area contributed by atoms with Gasteiger partial charge in [-0.2, -0.15) is 0 Å². The van der Waals surface area contributed by atoms with Crippen molar-refractivity contribution in [3.05, 3.63) is 35.1 Å². The number of hydrogen-bond donors (Lipinski definition) is 1. The van der Waals surface area contributed by atoms with Gasteiger partial charge in [0.2, 0.25) is 0 Å². The molecule has 1 aliphatic rings. The summed E-state index contributed by atoms with van der Waals surface area (Å²) in [5, 5.41) is 8.83. The average molecular weight is 294 g/mol. The number of carboxylic acid groups (broad SMARTS) is 1. The number of nitrogens with zero attached hydrogens (tertiary/aromatic N) is 2. The van der Waals surface area contributed by atoms with Crippen molar-refractivity contribution in [1.82, 2.24) is 9.80 Å². The van der Waals surface area contributed by atoms with Crippen LogP contribution in [0.5, 0.6) is 0 Å². The molecule has 21 heavy (non-hydrogen) atoms. The summed E-state index contributed by atoms with van der Waals surface area (Å²) in [5.41, 5.74) is 0.565. The number of aromatic carboxylic acids is 1. The molecule has 1 atom stereocenters. The summed E-state index contributed by atoms with van der Waals surface area (Å²) in [6.07, 6.45) is 1.15. The van der Waals surface area contributed by atoms with Gasteiger partial charge in [0.15, 0.2) is 0 Å². The van der Waals surface area contributed by atoms with E-state index in [0.717, 1.165) is 38.2 Å². The standard InChI is InChI=1S/C16H23FN2O2/c1-3-12(2)19-8-6-18(7-9-19)11-13-4-5-14(16(20)21)15(17)10-13/h4-5,10,12H,3,6-9,11H2,1-2H3,(H,20,21). The van der Waals surface area contributed by atoms with Gasteiger partial charge in [0, 0.05) is 38.8 Å². The Labute approximate surface area is 125 Å². The van der Waals surface area contributed by atoms with Crippen molar-refractivity contribution in [2.24, 2.45) is 0 Å². The lowest BCUT2D eigenvalue weighted by atomic mass is 10.1. The number of rotatable bonds is 5. The number of benzene rings is 1. The monoisotopic (exact) mass is 294 g/mol. The summed E-state index contributed by atoms with van der Waals surface area (Å²) in [6.45, 7) is 9.11. The third-order valence-corrected chi connectivity index (χ3v) is 4.29. The van der Waals surface area contributed by atoms with Crippen LogP contribution in [0.15, 0.2) is 18.2 Å². The van der Waals surface area contributed by atoms with E-state index < -0.39 is 11.8 Å². The number of piperazine rings is 1. The lowest BCUT2D eigenvalue weighted by Crippen LogP contribution is -2.48. The van der Waals surface area contributed by atoms with Crippen LogP contribution >= 0.6 is 0 Å². The maximum Gasteiger partial charge on any atom is 0.338 e. The molecule has 1 aromatic carbocycles. The van der Waals surface area contributed by atoms with Crippen LogP contribution < -0.4 is 0 Å². The van der Waals surface area contributed by atoms with Crippen molar-refractivity contribution < 1.29 is 14.3 Å². The molecule has 0 aliphatic carbocycles. The molecule has 1 aromatic rings. The Hall–Kier alpha value is -1.46. The molecule has 2 rings (SSSR count). The second-order valence-electron chi connectivity index (χ2n) is 5.69. The van der Waals surface area contributed by atoms with E-state index in [1.54, 1.807) is 6.07 Å². The molecule has 1 fully saturated rings. The Morgan fingerprint density at radius 1 is 1.33 bits per heavy atom. The van der Waals surface area contributed by atoms with E-state index in [1.165, 1.54) is 12.1 Å². The van der Waals surface area contributed by atoms with E-state index in [4.69, 9.17) is 5.11 Å². The highest BCUT2D eigenvalue weighted by Crippen LogP contribution is 2.15. The topological polar surface area (TPSA) is 43.8 Å². The minimum absolute atomic E-state index is 0.264. The first-order valence-electron chi connectivity index (χ1n) is 7.49. The van der Waals surface area contributed by atoms with Crippen LogP contribution in [-0.4, -0.2) is 53.1 Å². The minimum Gasteiger partial charge on any atom is -0.478 e. The molecule has 1 saturated heterocycles. The zero-order valence-corrected chi connectivity index (χ0v) is 12.7. The van der Waals surface area contributed by atoms with E-state index in [0.29, 0.717) is 12.6 Å². The summed E-state index contributed by atoms with van der Waals surface area (Å²) in [4.78, 5) is 15.6. The van der Waals surface area contributed by atoms with Crippen molar-refractivity contribution in [1.29, 1.82) is 0 Å². The van der Waals surface area contributed by atoms with E-state index in [2.05, 4.69) is 23.6 Å². The van der Waals surface area contributed by atoms with Crippen molar-refractivity contribution in [3.63, 3.8) is 0 Å². The number of carbonyl (C=O) groups is 1. The molecule has 1 unspecified atom stereocenters. The summed E-state index contributed by atoms with van der Waals surface area (Å²) in [5.74, 6) is -1.88. The fraction of sp³-hybridized carbons (Fsp3) is 0.562. The van der Waals surface area contributed by atoms with Crippen LogP contribution in [0.4, 0.5) is 4.39 Å². The molecule has 1 aliphatic heterocycles. The Bertz CT molecular complexity index is 499. The highest BCUT2D eigenvalue weighted by Gasteiger charge is 2.20. The number of carboxylic acids is 1. The zero-order valence-electron chi connectivity index (χ0n) is 12.7. The van der Waals surface area contributed by atoms with Gasteiger partial charge in [0.05, 0.1) is 5.56 Å². The molecule has 5 heteroatoms. The van der Waals surface area contributed by atoms with Crippen molar-refractivity contribution in [2.45, 2.75) is 32.9 Å². The van der Waals surface area contributed by atoms with Crippen LogP contribution in [0.25, 0.3) is 0 Å². The fourth-order valence-electron chi connectivity index (χ4n) is 2.71.